The van der Waals surface area contributed by atoms with E-state index in [-0.39, 0.29) is 11.3 Å². The highest BCUT2D eigenvalue weighted by molar-refractivity contribution is 7.01. The molecule has 2 saturated heterocycles. The first-order valence-corrected chi connectivity index (χ1v) is 7.08. The number of likely N-dealkylation sites (N-methyl/N-ethyl adjacent to an activating group) is 2. The van der Waals surface area contributed by atoms with Crippen molar-refractivity contribution in [3.63, 3.8) is 0 Å². The van der Waals surface area contributed by atoms with Crippen molar-refractivity contribution in [1.82, 2.24) is 19.4 Å². The second-order valence-corrected chi connectivity index (χ2v) is 6.20. The quantitative estimate of drug-likeness (QED) is 0.646. The molecule has 0 aromatic carbocycles. The van der Waals surface area contributed by atoms with Crippen molar-refractivity contribution in [3.8, 4) is 0 Å². The van der Waals surface area contributed by atoms with Gasteiger partial charge in [0.1, 0.15) is 13.4 Å². The molecule has 0 aliphatic carbocycles. The molecule has 19 heavy (non-hydrogen) atoms. The molecular formula is C12H25B3N4. The van der Waals surface area contributed by atoms with Crippen LogP contribution in [0.1, 0.15) is 13.8 Å². The van der Waals surface area contributed by atoms with Gasteiger partial charge in [0, 0.05) is 14.1 Å². The minimum absolute atomic E-state index is 0.145. The van der Waals surface area contributed by atoms with Crippen LogP contribution in [0.25, 0.3) is 0 Å². The van der Waals surface area contributed by atoms with E-state index < -0.39 is 0 Å². The lowest BCUT2D eigenvalue weighted by Gasteiger charge is -2.48. The Labute approximate surface area is 119 Å². The predicted molar refractivity (Wildman–Crippen MR) is 87.5 cm³/mol. The lowest BCUT2D eigenvalue weighted by molar-refractivity contribution is 0.0173. The van der Waals surface area contributed by atoms with E-state index >= 15 is 0 Å². The Kier molecular flexibility index (Phi) is 2.96. The highest BCUT2D eigenvalue weighted by Gasteiger charge is 2.68. The van der Waals surface area contributed by atoms with Gasteiger partial charge in [0.15, 0.2) is 5.66 Å². The summed E-state index contributed by atoms with van der Waals surface area (Å²) in [4.78, 5) is 9.38. The number of nitrogens with zero attached hydrogens (tertiary/aromatic N) is 4. The van der Waals surface area contributed by atoms with E-state index in [1.165, 1.54) is 0 Å². The molecule has 0 radical (unpaired) electrons. The van der Waals surface area contributed by atoms with Crippen molar-refractivity contribution in [3.05, 3.63) is 24.8 Å². The zero-order valence-corrected chi connectivity index (χ0v) is 13.5. The van der Waals surface area contributed by atoms with E-state index in [0.717, 1.165) is 19.1 Å². The second-order valence-electron chi connectivity index (χ2n) is 6.20. The Bertz CT molecular complexity index is 441. The SMILES string of the molecule is BB(C)N1C(=C)N(C)[C@]2(C)N(C)C(=C)N(BC)[C@]12C. The molecule has 0 saturated carbocycles. The van der Waals surface area contributed by atoms with E-state index in [1.54, 1.807) is 0 Å². The van der Waals surface area contributed by atoms with E-state index in [0.29, 0.717) is 6.74 Å². The first-order chi connectivity index (χ1) is 8.65. The number of rotatable bonds is 2. The monoisotopic (exact) mass is 258 g/mol. The molecule has 2 aliphatic heterocycles. The summed E-state index contributed by atoms with van der Waals surface area (Å²) < 4.78 is 0. The van der Waals surface area contributed by atoms with Crippen molar-refractivity contribution in [2.24, 2.45) is 0 Å². The van der Waals surface area contributed by atoms with Crippen molar-refractivity contribution < 1.29 is 0 Å². The molecule has 7 heteroatoms. The van der Waals surface area contributed by atoms with Gasteiger partial charge in [-0.1, -0.05) is 26.8 Å². The zero-order valence-electron chi connectivity index (χ0n) is 13.5. The van der Waals surface area contributed by atoms with Gasteiger partial charge in [-0.05, 0) is 13.8 Å². The average molecular weight is 258 g/mol. The fraction of sp³-hybridized carbons (Fsp3) is 0.667. The van der Waals surface area contributed by atoms with Crippen molar-refractivity contribution >= 4 is 21.9 Å². The van der Waals surface area contributed by atoms with Crippen LogP contribution in [-0.4, -0.2) is 66.7 Å². The molecule has 0 bridgehead atoms. The summed E-state index contributed by atoms with van der Waals surface area (Å²) >= 11 is 0. The first-order valence-electron chi connectivity index (χ1n) is 7.08. The first kappa shape index (κ1) is 14.3. The standard InChI is InChI=1S/C12H25B3N4/c1-9-16(7)11(3)12(4,18(9)14-5)19(15(6)13)10(2)17(11)8/h14H,1-2,13H2,3-8H3/t11-,12+/m0/s1. The molecule has 102 valence electrons. The average Bonchev–Trinajstić information content (AvgIpc) is 2.57. The Hall–Kier alpha value is -1.13. The lowest BCUT2D eigenvalue weighted by atomic mass is 9.42. The molecule has 2 atom stereocenters. The molecular weight excluding hydrogens is 233 g/mol. The van der Waals surface area contributed by atoms with E-state index in [1.807, 2.05) is 0 Å². The van der Waals surface area contributed by atoms with Gasteiger partial charge in [0.25, 0.3) is 0 Å². The summed E-state index contributed by atoms with van der Waals surface area (Å²) in [5.74, 6) is 2.16. The van der Waals surface area contributed by atoms with Gasteiger partial charge in [-0.25, -0.2) is 0 Å². The molecule has 0 amide bonds. The van der Waals surface area contributed by atoms with Crippen LogP contribution in [0.3, 0.4) is 0 Å². The van der Waals surface area contributed by atoms with Crippen LogP contribution in [0.2, 0.25) is 13.6 Å². The molecule has 0 aromatic rings. The normalized spacial score (nSPS) is 34.2. The summed E-state index contributed by atoms with van der Waals surface area (Å²) in [6.07, 6.45) is 0. The van der Waals surface area contributed by atoms with Crippen LogP contribution in [-0.2, 0) is 0 Å². The maximum absolute atomic E-state index is 4.31. The third-order valence-corrected chi connectivity index (χ3v) is 5.39. The highest BCUT2D eigenvalue weighted by atomic mass is 15.7. The van der Waals surface area contributed by atoms with Gasteiger partial charge >= 0.3 is 0 Å². The number of hydrogen-bond acceptors (Lipinski definition) is 4. The second kappa shape index (κ2) is 3.93. The summed E-state index contributed by atoms with van der Waals surface area (Å²) in [5, 5.41) is 0. The van der Waals surface area contributed by atoms with E-state index in [9.17, 15) is 0 Å². The maximum atomic E-state index is 4.31. The van der Waals surface area contributed by atoms with Crippen LogP contribution in [0.4, 0.5) is 0 Å². The minimum Gasteiger partial charge on any atom is -0.387 e. The molecule has 0 spiro atoms. The Morgan fingerprint density at radius 3 is 2.00 bits per heavy atom. The van der Waals surface area contributed by atoms with Gasteiger partial charge < -0.3 is 19.4 Å². The maximum Gasteiger partial charge on any atom is 0.237 e. The number of fused-ring (bicyclic) bond motifs is 1. The molecule has 2 aliphatic rings. The fourth-order valence-corrected chi connectivity index (χ4v) is 4.11. The van der Waals surface area contributed by atoms with Gasteiger partial charge in [-0.3, -0.25) is 0 Å². The van der Waals surface area contributed by atoms with Gasteiger partial charge in [0.2, 0.25) is 14.2 Å². The molecule has 2 fully saturated rings. The van der Waals surface area contributed by atoms with Gasteiger partial charge in [-0.15, -0.1) is 0 Å². The van der Waals surface area contributed by atoms with E-state index in [4.69, 9.17) is 0 Å². The predicted octanol–water partition coefficient (Wildman–Crippen LogP) is 0.00670. The Morgan fingerprint density at radius 2 is 1.58 bits per heavy atom. The largest absolute Gasteiger partial charge is 0.387 e. The van der Waals surface area contributed by atoms with Crippen LogP contribution >= 0.6 is 0 Å². The Morgan fingerprint density at radius 1 is 1.11 bits per heavy atom. The summed E-state index contributed by atoms with van der Waals surface area (Å²) in [6, 6.07) is 0. The van der Waals surface area contributed by atoms with E-state index in [2.05, 4.69) is 81.9 Å². The van der Waals surface area contributed by atoms with Crippen molar-refractivity contribution in [1.29, 1.82) is 0 Å². The summed E-state index contributed by atoms with van der Waals surface area (Å²) in [5.41, 5.74) is -0.297. The number of hydrogen-bond donors (Lipinski definition) is 0. The van der Waals surface area contributed by atoms with Crippen LogP contribution in [0.5, 0.6) is 0 Å². The van der Waals surface area contributed by atoms with Crippen LogP contribution < -0.4 is 0 Å². The molecule has 2 rings (SSSR count). The topological polar surface area (TPSA) is 13.0 Å². The van der Waals surface area contributed by atoms with Crippen molar-refractivity contribution in [2.75, 3.05) is 14.1 Å². The molecule has 4 nitrogen and oxygen atoms in total. The fourth-order valence-electron chi connectivity index (χ4n) is 4.11. The van der Waals surface area contributed by atoms with Gasteiger partial charge in [-0.2, -0.15) is 0 Å². The minimum atomic E-state index is -0.151. The van der Waals surface area contributed by atoms with Gasteiger partial charge in [0.05, 0.1) is 11.6 Å². The molecule has 0 N–H and O–H groups in total. The lowest BCUT2D eigenvalue weighted by Crippen LogP contribution is -2.66. The molecule has 0 unspecified atom stereocenters. The summed E-state index contributed by atoms with van der Waals surface area (Å²) in [6.45, 7) is 18.0. The highest BCUT2D eigenvalue weighted by Crippen LogP contribution is 2.54. The summed E-state index contributed by atoms with van der Waals surface area (Å²) in [7, 11) is 7.43. The Balaban J connectivity index is 2.68. The third-order valence-electron chi connectivity index (χ3n) is 5.39. The molecule has 0 aromatic heterocycles. The molecule has 2 heterocycles. The van der Waals surface area contributed by atoms with Crippen molar-refractivity contribution in [2.45, 2.75) is 38.8 Å². The third kappa shape index (κ3) is 1.29. The van der Waals surface area contributed by atoms with Crippen LogP contribution in [0.15, 0.2) is 24.8 Å². The zero-order chi connectivity index (χ0) is 14.7. The smallest absolute Gasteiger partial charge is 0.237 e. The van der Waals surface area contributed by atoms with Crippen LogP contribution in [0, 0.1) is 0 Å².